The van der Waals surface area contributed by atoms with Gasteiger partial charge >= 0.3 is 0 Å². The smallest absolute Gasteiger partial charge is 0.153 e. The van der Waals surface area contributed by atoms with Crippen molar-refractivity contribution in [2.75, 3.05) is 36.9 Å². The number of hydrogen-bond acceptors (Lipinski definition) is 8. The maximum absolute atomic E-state index is 11.0. The minimum absolute atomic E-state index is 0.341. The van der Waals surface area contributed by atoms with Gasteiger partial charge in [-0.3, -0.25) is 15.0 Å². The number of morpholine rings is 1. The van der Waals surface area contributed by atoms with E-state index in [1.165, 1.54) is 12.8 Å². The second-order valence-electron chi connectivity index (χ2n) is 11.5. The fraction of sp³-hybridized carbons (Fsp3) is 0.593. The van der Waals surface area contributed by atoms with E-state index in [-0.39, 0.29) is 0 Å². The highest BCUT2D eigenvalue weighted by atomic mass is 16.5. The standard InChI is InChI=1S/C27H35N7O2/c1-16-8-24(33-32-16)29-23-11-22-21(3-2-20(28-22)15-34-4-6-36-7-5-34)26(30-23)31-25-18-9-17-10-19(25)14-27(35,12-17)13-18/h2-3,8,11,17-19,25,35H,4-7,9-10,12-15H2,1H3,(H3,29,30,31,32,33). The molecular weight excluding hydrogens is 454 g/mol. The van der Waals surface area contributed by atoms with E-state index >= 15 is 0 Å². The van der Waals surface area contributed by atoms with Crippen LogP contribution in [-0.4, -0.2) is 68.1 Å². The Hall–Kier alpha value is -2.75. The van der Waals surface area contributed by atoms with E-state index in [0.717, 1.165) is 91.9 Å². The average Bonchev–Trinajstić information content (AvgIpc) is 3.25. The number of nitrogens with zero attached hydrogens (tertiary/aromatic N) is 4. The Morgan fingerprint density at radius 2 is 1.89 bits per heavy atom. The lowest BCUT2D eigenvalue weighted by Gasteiger charge is -2.58. The monoisotopic (exact) mass is 489 g/mol. The Labute approximate surface area is 211 Å². The minimum Gasteiger partial charge on any atom is -0.390 e. The molecule has 8 rings (SSSR count). The van der Waals surface area contributed by atoms with Gasteiger partial charge in [0.25, 0.3) is 0 Å². The number of fused-ring (bicyclic) bond motifs is 1. The number of H-pyrrole nitrogens is 1. The molecule has 1 aliphatic heterocycles. The number of rotatable bonds is 6. The molecule has 9 nitrogen and oxygen atoms in total. The molecule has 4 saturated carbocycles. The van der Waals surface area contributed by atoms with Crippen LogP contribution in [0.15, 0.2) is 24.3 Å². The summed E-state index contributed by atoms with van der Waals surface area (Å²) in [6, 6.07) is 8.63. The number of aryl methyl sites for hydroxylation is 1. The summed E-state index contributed by atoms with van der Waals surface area (Å²) in [4.78, 5) is 12.5. The van der Waals surface area contributed by atoms with Crippen LogP contribution >= 0.6 is 0 Å². The maximum atomic E-state index is 11.0. The molecule has 36 heavy (non-hydrogen) atoms. The second-order valence-corrected chi connectivity index (χ2v) is 11.5. The Kier molecular flexibility index (Phi) is 5.41. The number of hydrogen-bond donors (Lipinski definition) is 4. The fourth-order valence-corrected chi connectivity index (χ4v) is 7.41. The van der Waals surface area contributed by atoms with E-state index in [2.05, 4.69) is 37.9 Å². The number of ether oxygens (including phenoxy) is 1. The van der Waals surface area contributed by atoms with Crippen molar-refractivity contribution in [3.8, 4) is 0 Å². The molecule has 5 fully saturated rings. The van der Waals surface area contributed by atoms with E-state index in [1.54, 1.807) is 0 Å². The molecule has 0 radical (unpaired) electrons. The van der Waals surface area contributed by atoms with Gasteiger partial charge in [-0.05, 0) is 68.9 Å². The third-order valence-electron chi connectivity index (χ3n) is 8.74. The summed E-state index contributed by atoms with van der Waals surface area (Å²) in [5.41, 5.74) is 2.53. The second kappa shape index (κ2) is 8.68. The zero-order valence-corrected chi connectivity index (χ0v) is 20.8. The van der Waals surface area contributed by atoms with Crippen LogP contribution in [0.5, 0.6) is 0 Å². The normalized spacial score (nSPS) is 31.7. The number of anilines is 3. The molecule has 2 atom stereocenters. The van der Waals surface area contributed by atoms with Crippen molar-refractivity contribution < 1.29 is 9.84 Å². The van der Waals surface area contributed by atoms with Crippen LogP contribution in [0.2, 0.25) is 0 Å². The van der Waals surface area contributed by atoms with Crippen LogP contribution in [0.25, 0.3) is 10.9 Å². The van der Waals surface area contributed by atoms with Crippen LogP contribution in [-0.2, 0) is 11.3 Å². The maximum Gasteiger partial charge on any atom is 0.153 e. The molecule has 0 spiro atoms. The lowest BCUT2D eigenvalue weighted by atomic mass is 9.52. The molecule has 3 aromatic heterocycles. The van der Waals surface area contributed by atoms with Crippen molar-refractivity contribution in [1.29, 1.82) is 0 Å². The first-order chi connectivity index (χ1) is 17.5. The fourth-order valence-electron chi connectivity index (χ4n) is 7.41. The van der Waals surface area contributed by atoms with Crippen LogP contribution in [0, 0.1) is 24.7 Å². The lowest BCUT2D eigenvalue weighted by Crippen LogP contribution is -2.59. The van der Waals surface area contributed by atoms with Gasteiger partial charge in [0.1, 0.15) is 11.6 Å². The Balaban J connectivity index is 1.22. The molecule has 4 aliphatic carbocycles. The van der Waals surface area contributed by atoms with Gasteiger partial charge in [0.05, 0.1) is 30.0 Å². The largest absolute Gasteiger partial charge is 0.390 e. The SMILES string of the molecule is Cc1cc(Nc2cc3nc(CN4CCOCC4)ccc3c(NC3C4CC5CC3CC(O)(C5)C4)n2)n[nH]1. The number of nitrogens with one attached hydrogen (secondary N) is 3. The Bertz CT molecular complexity index is 1250. The molecule has 4 N–H and O–H groups in total. The molecule has 2 unspecified atom stereocenters. The zero-order chi connectivity index (χ0) is 24.3. The molecular formula is C27H35N7O2. The van der Waals surface area contributed by atoms with E-state index in [1.807, 2.05) is 19.1 Å². The summed E-state index contributed by atoms with van der Waals surface area (Å²) in [6.07, 6.45) is 5.22. The van der Waals surface area contributed by atoms with E-state index in [9.17, 15) is 5.11 Å². The summed E-state index contributed by atoms with van der Waals surface area (Å²) in [5, 5.41) is 26.6. The van der Waals surface area contributed by atoms with Gasteiger partial charge in [-0.1, -0.05) is 0 Å². The average molecular weight is 490 g/mol. The lowest BCUT2D eigenvalue weighted by molar-refractivity contribution is -0.129. The number of aliphatic hydroxyl groups is 1. The van der Waals surface area contributed by atoms with Gasteiger partial charge in [-0.2, -0.15) is 5.10 Å². The molecule has 0 amide bonds. The summed E-state index contributed by atoms with van der Waals surface area (Å²) >= 11 is 0. The molecule has 0 aromatic carbocycles. The van der Waals surface area contributed by atoms with Crippen LogP contribution < -0.4 is 10.6 Å². The van der Waals surface area contributed by atoms with Gasteiger partial charge in [0.2, 0.25) is 0 Å². The Morgan fingerprint density at radius 1 is 1.08 bits per heavy atom. The topological polar surface area (TPSA) is 111 Å². The summed E-state index contributed by atoms with van der Waals surface area (Å²) in [5.74, 6) is 4.02. The molecule has 1 saturated heterocycles. The molecule has 9 heteroatoms. The number of pyridine rings is 2. The van der Waals surface area contributed by atoms with Crippen molar-refractivity contribution >= 4 is 28.4 Å². The van der Waals surface area contributed by atoms with Gasteiger partial charge in [-0.15, -0.1) is 0 Å². The third kappa shape index (κ3) is 4.23. The number of aromatic nitrogens is 4. The quantitative estimate of drug-likeness (QED) is 0.416. The first-order valence-corrected chi connectivity index (χ1v) is 13.4. The van der Waals surface area contributed by atoms with Gasteiger partial charge in [-0.25, -0.2) is 4.98 Å². The van der Waals surface area contributed by atoms with E-state index < -0.39 is 5.60 Å². The molecule has 5 aliphatic rings. The molecule has 3 aromatic rings. The van der Waals surface area contributed by atoms with Crippen molar-refractivity contribution in [3.05, 3.63) is 35.7 Å². The van der Waals surface area contributed by atoms with Gasteiger partial charge < -0.3 is 20.5 Å². The first kappa shape index (κ1) is 22.4. The summed E-state index contributed by atoms with van der Waals surface area (Å²) < 4.78 is 5.51. The van der Waals surface area contributed by atoms with Crippen LogP contribution in [0.4, 0.5) is 17.5 Å². The highest BCUT2D eigenvalue weighted by molar-refractivity contribution is 5.91. The van der Waals surface area contributed by atoms with E-state index in [0.29, 0.717) is 23.8 Å². The van der Waals surface area contributed by atoms with E-state index in [4.69, 9.17) is 14.7 Å². The predicted molar refractivity (Wildman–Crippen MR) is 138 cm³/mol. The zero-order valence-electron chi connectivity index (χ0n) is 20.8. The molecule has 4 heterocycles. The highest BCUT2D eigenvalue weighted by Gasteiger charge is 2.54. The first-order valence-electron chi connectivity index (χ1n) is 13.4. The van der Waals surface area contributed by atoms with Gasteiger partial charge in [0, 0.05) is 48.9 Å². The molecule has 4 bridgehead atoms. The summed E-state index contributed by atoms with van der Waals surface area (Å²) in [7, 11) is 0. The van der Waals surface area contributed by atoms with Crippen molar-refractivity contribution in [2.45, 2.75) is 57.2 Å². The minimum atomic E-state index is -0.443. The van der Waals surface area contributed by atoms with Crippen molar-refractivity contribution in [3.63, 3.8) is 0 Å². The van der Waals surface area contributed by atoms with Crippen LogP contribution in [0.3, 0.4) is 0 Å². The predicted octanol–water partition coefficient (Wildman–Crippen LogP) is 3.59. The Morgan fingerprint density at radius 3 is 2.61 bits per heavy atom. The van der Waals surface area contributed by atoms with Gasteiger partial charge in [0.15, 0.2) is 5.82 Å². The number of aromatic amines is 1. The third-order valence-corrected chi connectivity index (χ3v) is 8.74. The summed E-state index contributed by atoms with van der Waals surface area (Å²) in [6.45, 7) is 6.24. The molecule has 190 valence electrons. The highest BCUT2D eigenvalue weighted by Crippen LogP contribution is 2.56. The van der Waals surface area contributed by atoms with Crippen molar-refractivity contribution in [1.82, 2.24) is 25.1 Å². The van der Waals surface area contributed by atoms with Crippen LogP contribution in [0.1, 0.15) is 43.5 Å². The van der Waals surface area contributed by atoms with Crippen molar-refractivity contribution in [2.24, 2.45) is 17.8 Å².